The maximum atomic E-state index is 14.5. The summed E-state index contributed by atoms with van der Waals surface area (Å²) in [5, 5.41) is 11.6. The first-order valence-corrected chi connectivity index (χ1v) is 10.8. The zero-order chi connectivity index (χ0) is 24.8. The van der Waals surface area contributed by atoms with E-state index in [2.05, 4.69) is 15.3 Å². The topological polar surface area (TPSA) is 101 Å². The van der Waals surface area contributed by atoms with Crippen molar-refractivity contribution in [1.29, 1.82) is 0 Å². The van der Waals surface area contributed by atoms with Crippen LogP contribution in [0.2, 0.25) is 0 Å². The highest BCUT2D eigenvalue weighted by atomic mass is 19.1. The summed E-state index contributed by atoms with van der Waals surface area (Å²) in [6.07, 6.45) is 1.47. The molecule has 2 N–H and O–H groups in total. The minimum Gasteiger partial charge on any atom is -0.488 e. The molecule has 4 aromatic rings. The van der Waals surface area contributed by atoms with Gasteiger partial charge in [0, 0.05) is 17.3 Å². The van der Waals surface area contributed by atoms with Gasteiger partial charge in [0.1, 0.15) is 24.7 Å². The number of aromatic nitrogens is 2. The van der Waals surface area contributed by atoms with Gasteiger partial charge in [-0.05, 0) is 54.4 Å². The number of anilines is 1. The lowest BCUT2D eigenvalue weighted by atomic mass is 9.98. The van der Waals surface area contributed by atoms with Gasteiger partial charge in [0.15, 0.2) is 5.78 Å². The highest BCUT2D eigenvalue weighted by molar-refractivity contribution is 6.10. The van der Waals surface area contributed by atoms with E-state index in [0.717, 1.165) is 5.56 Å². The standard InChI is InChI=1S/C27H22FN3O4/c1-17-7-9-20(22(28)13-17)26(34)19-8-10-24(35-16-18-5-3-2-4-6-18)21(14-19)23-11-12-29-27(31-23)30-15-25(32)33/h2-14H,15-16H2,1H3,(H,32,33)(H,29,30,31). The van der Waals surface area contributed by atoms with Gasteiger partial charge < -0.3 is 15.2 Å². The van der Waals surface area contributed by atoms with Crippen molar-refractivity contribution in [3.05, 3.63) is 107 Å². The lowest BCUT2D eigenvalue weighted by molar-refractivity contribution is -0.134. The number of aliphatic carboxylic acids is 1. The number of aryl methyl sites for hydroxylation is 1. The molecule has 0 saturated heterocycles. The van der Waals surface area contributed by atoms with Gasteiger partial charge in [-0.25, -0.2) is 14.4 Å². The van der Waals surface area contributed by atoms with E-state index in [0.29, 0.717) is 22.6 Å². The number of benzene rings is 3. The van der Waals surface area contributed by atoms with Crippen molar-refractivity contribution in [3.8, 4) is 17.0 Å². The molecule has 0 fully saturated rings. The van der Waals surface area contributed by atoms with E-state index < -0.39 is 17.6 Å². The molecule has 0 aliphatic heterocycles. The van der Waals surface area contributed by atoms with Crippen molar-refractivity contribution in [2.75, 3.05) is 11.9 Å². The van der Waals surface area contributed by atoms with E-state index in [1.807, 2.05) is 30.3 Å². The molecule has 176 valence electrons. The van der Waals surface area contributed by atoms with Crippen LogP contribution < -0.4 is 10.1 Å². The fourth-order valence-electron chi connectivity index (χ4n) is 3.44. The van der Waals surface area contributed by atoms with Gasteiger partial charge in [0.25, 0.3) is 0 Å². The average Bonchev–Trinajstić information content (AvgIpc) is 2.86. The third kappa shape index (κ3) is 5.86. The Morgan fingerprint density at radius 3 is 2.57 bits per heavy atom. The van der Waals surface area contributed by atoms with E-state index in [4.69, 9.17) is 9.84 Å². The number of nitrogens with one attached hydrogen (secondary N) is 1. The number of rotatable bonds is 9. The first-order chi connectivity index (χ1) is 16.9. The van der Waals surface area contributed by atoms with Crippen molar-refractivity contribution in [1.82, 2.24) is 9.97 Å². The lowest BCUT2D eigenvalue weighted by Crippen LogP contribution is -2.14. The number of ketones is 1. The third-order valence-electron chi connectivity index (χ3n) is 5.18. The zero-order valence-corrected chi connectivity index (χ0v) is 18.9. The van der Waals surface area contributed by atoms with Crippen LogP contribution in [0.5, 0.6) is 5.75 Å². The molecule has 1 aromatic heterocycles. The average molecular weight is 471 g/mol. The fourth-order valence-corrected chi connectivity index (χ4v) is 3.44. The first-order valence-electron chi connectivity index (χ1n) is 10.8. The molecule has 0 radical (unpaired) electrons. The molecule has 1 heterocycles. The Balaban J connectivity index is 1.72. The van der Waals surface area contributed by atoms with Gasteiger partial charge in [-0.15, -0.1) is 0 Å². The van der Waals surface area contributed by atoms with Crippen LogP contribution in [-0.2, 0) is 11.4 Å². The smallest absolute Gasteiger partial charge is 0.322 e. The molecule has 0 saturated carbocycles. The molecule has 0 aliphatic rings. The van der Waals surface area contributed by atoms with Crippen LogP contribution >= 0.6 is 0 Å². The fraction of sp³-hybridized carbons (Fsp3) is 0.111. The van der Waals surface area contributed by atoms with Crippen LogP contribution in [0.25, 0.3) is 11.3 Å². The molecule has 35 heavy (non-hydrogen) atoms. The Bertz CT molecular complexity index is 1380. The first kappa shape index (κ1) is 23.6. The molecular formula is C27H22FN3O4. The minimum absolute atomic E-state index is 0.0361. The van der Waals surface area contributed by atoms with Gasteiger partial charge in [0.05, 0.1) is 11.3 Å². The molecule has 0 bridgehead atoms. The number of carbonyl (C=O) groups is 2. The molecule has 0 aliphatic carbocycles. The molecule has 0 atom stereocenters. The Morgan fingerprint density at radius 2 is 1.83 bits per heavy atom. The second kappa shape index (κ2) is 10.6. The number of hydrogen-bond donors (Lipinski definition) is 2. The van der Waals surface area contributed by atoms with E-state index in [-0.39, 0.29) is 30.2 Å². The monoisotopic (exact) mass is 471 g/mol. The summed E-state index contributed by atoms with van der Waals surface area (Å²) in [4.78, 5) is 32.4. The van der Waals surface area contributed by atoms with Gasteiger partial charge in [-0.1, -0.05) is 36.4 Å². The Labute approximate surface area is 201 Å². The van der Waals surface area contributed by atoms with E-state index in [9.17, 15) is 14.0 Å². The van der Waals surface area contributed by atoms with Crippen LogP contribution in [0.4, 0.5) is 10.3 Å². The second-order valence-corrected chi connectivity index (χ2v) is 7.81. The molecule has 0 amide bonds. The predicted molar refractivity (Wildman–Crippen MR) is 129 cm³/mol. The molecule has 8 heteroatoms. The van der Waals surface area contributed by atoms with Gasteiger partial charge in [-0.2, -0.15) is 0 Å². The van der Waals surface area contributed by atoms with E-state index >= 15 is 0 Å². The Kier molecular flexibility index (Phi) is 7.11. The van der Waals surface area contributed by atoms with E-state index in [1.165, 1.54) is 18.3 Å². The van der Waals surface area contributed by atoms with Crippen LogP contribution in [0.15, 0.2) is 79.0 Å². The predicted octanol–water partition coefficient (Wildman–Crippen LogP) is 4.90. The van der Waals surface area contributed by atoms with Gasteiger partial charge >= 0.3 is 5.97 Å². The Morgan fingerprint density at radius 1 is 1.03 bits per heavy atom. The summed E-state index contributed by atoms with van der Waals surface area (Å²) in [6.45, 7) is 1.67. The number of halogens is 1. The van der Waals surface area contributed by atoms with Gasteiger partial charge in [-0.3, -0.25) is 9.59 Å². The maximum Gasteiger partial charge on any atom is 0.322 e. The van der Waals surface area contributed by atoms with Crippen LogP contribution in [0.1, 0.15) is 27.0 Å². The highest BCUT2D eigenvalue weighted by Gasteiger charge is 2.18. The number of carbonyl (C=O) groups excluding carboxylic acids is 1. The largest absolute Gasteiger partial charge is 0.488 e. The third-order valence-corrected chi connectivity index (χ3v) is 5.18. The number of carboxylic acids is 1. The second-order valence-electron chi connectivity index (χ2n) is 7.81. The summed E-state index contributed by atoms with van der Waals surface area (Å²) in [5.74, 6) is -1.56. The summed E-state index contributed by atoms with van der Waals surface area (Å²) in [5.41, 5.74) is 2.79. The van der Waals surface area contributed by atoms with Crippen molar-refractivity contribution >= 4 is 17.7 Å². The summed E-state index contributed by atoms with van der Waals surface area (Å²) >= 11 is 0. The van der Waals surface area contributed by atoms with E-state index in [1.54, 1.807) is 37.3 Å². The number of nitrogens with zero attached hydrogens (tertiary/aromatic N) is 2. The summed E-state index contributed by atoms with van der Waals surface area (Å²) in [7, 11) is 0. The van der Waals surface area contributed by atoms with Gasteiger partial charge in [0.2, 0.25) is 5.95 Å². The summed E-state index contributed by atoms with van der Waals surface area (Å²) < 4.78 is 20.5. The quantitative estimate of drug-likeness (QED) is 0.335. The molecule has 7 nitrogen and oxygen atoms in total. The number of carboxylic acid groups (broad SMARTS) is 1. The zero-order valence-electron chi connectivity index (χ0n) is 18.9. The molecule has 3 aromatic carbocycles. The SMILES string of the molecule is Cc1ccc(C(=O)c2ccc(OCc3ccccc3)c(-c3ccnc(NCC(=O)O)n3)c2)c(F)c1. The maximum absolute atomic E-state index is 14.5. The van der Waals surface area contributed by atoms with Crippen molar-refractivity contribution in [3.63, 3.8) is 0 Å². The van der Waals surface area contributed by atoms with Crippen molar-refractivity contribution < 1.29 is 23.8 Å². The lowest BCUT2D eigenvalue weighted by Gasteiger charge is -2.14. The van der Waals surface area contributed by atoms with Crippen molar-refractivity contribution in [2.24, 2.45) is 0 Å². The number of hydrogen-bond acceptors (Lipinski definition) is 6. The Hall–Kier alpha value is -4.59. The molecule has 4 rings (SSSR count). The van der Waals surface area contributed by atoms with Crippen LogP contribution in [0, 0.1) is 12.7 Å². The number of ether oxygens (including phenoxy) is 1. The van der Waals surface area contributed by atoms with Crippen molar-refractivity contribution in [2.45, 2.75) is 13.5 Å². The highest BCUT2D eigenvalue weighted by Crippen LogP contribution is 2.32. The molecule has 0 spiro atoms. The normalized spacial score (nSPS) is 10.6. The minimum atomic E-state index is -1.06. The van der Waals surface area contributed by atoms with Crippen LogP contribution in [0.3, 0.4) is 0 Å². The van der Waals surface area contributed by atoms with Crippen LogP contribution in [-0.4, -0.2) is 33.4 Å². The molecular weight excluding hydrogens is 449 g/mol. The molecule has 0 unspecified atom stereocenters. The summed E-state index contributed by atoms with van der Waals surface area (Å²) in [6, 6.07) is 20.5.